The van der Waals surface area contributed by atoms with Crippen LogP contribution in [0.25, 0.3) is 0 Å². The Morgan fingerprint density at radius 3 is 2.14 bits per heavy atom. The molecule has 0 radical (unpaired) electrons. The lowest BCUT2D eigenvalue weighted by Gasteiger charge is -2.50. The molecule has 9 atom stereocenters. The van der Waals surface area contributed by atoms with Gasteiger partial charge in [-0.1, -0.05) is 60.6 Å². The van der Waals surface area contributed by atoms with Crippen molar-refractivity contribution in [2.24, 2.45) is 5.92 Å². The zero-order valence-corrected chi connectivity index (χ0v) is 40.6. The van der Waals surface area contributed by atoms with Crippen molar-refractivity contribution in [1.82, 2.24) is 0 Å². The number of ketones is 1. The first kappa shape index (κ1) is 49.1. The van der Waals surface area contributed by atoms with E-state index in [4.69, 9.17) is 32.5 Å². The van der Waals surface area contributed by atoms with Gasteiger partial charge in [-0.15, -0.1) is 0 Å². The monoisotopic (exact) mass is 841 g/mol. The molecule has 57 heavy (non-hydrogen) atoms. The maximum Gasteiger partial charge on any atom is 0.200 e. The Labute approximate surface area is 349 Å². The first-order valence-corrected chi connectivity index (χ1v) is 28.1. The van der Waals surface area contributed by atoms with Crippen LogP contribution in [-0.2, 0) is 37.3 Å². The average molecular weight is 841 g/mol. The van der Waals surface area contributed by atoms with Crippen molar-refractivity contribution in [2.45, 2.75) is 249 Å². The molecule has 0 amide bonds. The number of aliphatic hydroxyl groups excluding tert-OH is 1. The Hall–Kier alpha value is -0.516. The number of hydrogen-bond donors (Lipinski definition) is 2. The number of unbranched alkanes of at least 4 members (excludes halogenated alkanes) is 1. The molecule has 4 fully saturated rings. The highest BCUT2D eigenvalue weighted by Gasteiger charge is 2.63. The molecule has 0 aliphatic carbocycles. The number of Topliss-reactive ketones (excluding diaryl/α,β-unsaturated/α-hetero) is 1. The molecule has 10 nitrogen and oxygen atoms in total. The normalized spacial score (nSPS) is 33.5. The van der Waals surface area contributed by atoms with Gasteiger partial charge >= 0.3 is 0 Å². The van der Waals surface area contributed by atoms with Crippen molar-refractivity contribution in [3.8, 4) is 0 Å². The summed E-state index contributed by atoms with van der Waals surface area (Å²) < 4.78 is 47.3. The van der Waals surface area contributed by atoms with Crippen molar-refractivity contribution in [2.75, 3.05) is 13.2 Å². The summed E-state index contributed by atoms with van der Waals surface area (Å²) in [5.74, 6) is -2.83. The fourth-order valence-electron chi connectivity index (χ4n) is 8.63. The molecule has 4 rings (SSSR count). The van der Waals surface area contributed by atoms with E-state index in [1.807, 2.05) is 20.8 Å². The summed E-state index contributed by atoms with van der Waals surface area (Å²) in [6.45, 7) is 35.5. The van der Waals surface area contributed by atoms with Crippen molar-refractivity contribution in [3.63, 3.8) is 0 Å². The van der Waals surface area contributed by atoms with Crippen LogP contribution in [0.2, 0.25) is 36.3 Å². The highest BCUT2D eigenvalue weighted by Crippen LogP contribution is 2.54. The zero-order valence-electron chi connectivity index (χ0n) is 38.6. The van der Waals surface area contributed by atoms with E-state index in [9.17, 15) is 15.0 Å². The quantitative estimate of drug-likeness (QED) is 0.0784. The average Bonchev–Trinajstić information content (AvgIpc) is 3.56. The predicted octanol–water partition coefficient (Wildman–Crippen LogP) is 10.1. The van der Waals surface area contributed by atoms with Crippen LogP contribution in [0.5, 0.6) is 0 Å². The zero-order chi connectivity index (χ0) is 42.9. The summed E-state index contributed by atoms with van der Waals surface area (Å²) in [4.78, 5) is 14.1. The van der Waals surface area contributed by atoms with Crippen LogP contribution in [0.15, 0.2) is 12.2 Å². The van der Waals surface area contributed by atoms with Crippen LogP contribution < -0.4 is 0 Å². The molecule has 0 bridgehead atoms. The van der Waals surface area contributed by atoms with Crippen molar-refractivity contribution >= 4 is 22.4 Å². The second-order valence-electron chi connectivity index (χ2n) is 21.9. The maximum absolute atomic E-state index is 14.1. The van der Waals surface area contributed by atoms with Gasteiger partial charge in [-0.25, -0.2) is 0 Å². The predicted molar refractivity (Wildman–Crippen MR) is 231 cm³/mol. The molecule has 0 aromatic rings. The number of aliphatic hydroxyl groups is 2. The van der Waals surface area contributed by atoms with E-state index in [2.05, 4.69) is 81.2 Å². The third-order valence-corrected chi connectivity index (χ3v) is 23.3. The molecule has 332 valence electrons. The van der Waals surface area contributed by atoms with Crippen LogP contribution in [0, 0.1) is 5.92 Å². The van der Waals surface area contributed by atoms with Gasteiger partial charge in [0.05, 0.1) is 24.4 Å². The Bertz CT molecular complexity index is 1350. The molecule has 0 unspecified atom stereocenters. The van der Waals surface area contributed by atoms with E-state index in [0.29, 0.717) is 58.0 Å². The minimum absolute atomic E-state index is 0.0329. The first-order valence-electron chi connectivity index (χ1n) is 22.3. The standard InChI is InChI=1S/C45H84O10Si2/c1-32(19-16-17-27-46)29-36-21-24-43(11,48)45(51-36)26-25-44(55-45)23-18-20-35(50-44)31-34(47)30-33(2)38(54-57(14,15)41(6,7)8)39-37(52-42(9,10)53-39)22-28-49-56(12,13)40(3,4)5/h33,35-39,46,48H,1,16-31H2,2-15H3/t33-,35-,36+,37+,38-,39+,43-,44-,45-/m0/s1. The van der Waals surface area contributed by atoms with Gasteiger partial charge in [0.2, 0.25) is 5.79 Å². The van der Waals surface area contributed by atoms with E-state index in [1.54, 1.807) is 0 Å². The third-order valence-electron chi connectivity index (χ3n) is 14.3. The van der Waals surface area contributed by atoms with Crippen molar-refractivity contribution in [1.29, 1.82) is 0 Å². The summed E-state index contributed by atoms with van der Waals surface area (Å²) in [5, 5.41) is 20.9. The van der Waals surface area contributed by atoms with Gasteiger partial charge in [0.25, 0.3) is 0 Å². The van der Waals surface area contributed by atoms with Gasteiger partial charge in [-0.05, 0) is 121 Å². The molecule has 12 heteroatoms. The van der Waals surface area contributed by atoms with E-state index < -0.39 is 39.6 Å². The van der Waals surface area contributed by atoms with E-state index in [1.165, 1.54) is 0 Å². The van der Waals surface area contributed by atoms with Crippen molar-refractivity contribution < 1.29 is 47.5 Å². The van der Waals surface area contributed by atoms with Crippen LogP contribution in [0.3, 0.4) is 0 Å². The first-order chi connectivity index (χ1) is 26.1. The van der Waals surface area contributed by atoms with Crippen LogP contribution in [0.4, 0.5) is 0 Å². The summed E-state index contributed by atoms with van der Waals surface area (Å²) in [6, 6.07) is 0. The minimum atomic E-state index is -2.29. The summed E-state index contributed by atoms with van der Waals surface area (Å²) >= 11 is 0. The molecule has 2 spiro atoms. The highest BCUT2D eigenvalue weighted by molar-refractivity contribution is 6.74. The Kier molecular flexibility index (Phi) is 15.9. The van der Waals surface area contributed by atoms with Gasteiger partial charge in [-0.3, -0.25) is 4.79 Å². The van der Waals surface area contributed by atoms with Gasteiger partial charge in [-0.2, -0.15) is 0 Å². The fraction of sp³-hybridized carbons (Fsp3) is 0.933. The highest BCUT2D eigenvalue weighted by atomic mass is 28.4. The van der Waals surface area contributed by atoms with E-state index in [0.717, 1.165) is 44.1 Å². The number of carbonyl (C=O) groups is 1. The van der Waals surface area contributed by atoms with Crippen LogP contribution in [-0.4, -0.2) is 99.3 Å². The van der Waals surface area contributed by atoms with Gasteiger partial charge in [0.15, 0.2) is 28.2 Å². The molecule has 4 aliphatic rings. The third kappa shape index (κ3) is 12.3. The molecule has 0 saturated carbocycles. The second-order valence-corrected chi connectivity index (χ2v) is 31.5. The van der Waals surface area contributed by atoms with Gasteiger partial charge < -0.3 is 42.7 Å². The molecule has 4 saturated heterocycles. The van der Waals surface area contributed by atoms with Crippen LogP contribution in [0.1, 0.15) is 159 Å². The van der Waals surface area contributed by atoms with E-state index >= 15 is 0 Å². The number of hydrogen-bond acceptors (Lipinski definition) is 10. The molecular formula is C45H84O10Si2. The smallest absolute Gasteiger partial charge is 0.200 e. The van der Waals surface area contributed by atoms with Gasteiger partial charge in [0, 0.05) is 45.3 Å². The fourth-order valence-corrected chi connectivity index (χ4v) is 11.1. The lowest BCUT2D eigenvalue weighted by atomic mass is 9.82. The molecule has 2 N–H and O–H groups in total. The topological polar surface area (TPSA) is 122 Å². The SMILES string of the molecule is C=C(CCCCO)C[C@H]1CC[C@](C)(O)[C@@]2(CC[C@]3(CCC[C@@H](CC(=O)C[C@H](C)[C@H](O[Si](C)(C)C(C)(C)C)[C@@H]4OC(C)(C)O[C@@H]4CCO[Si](C)(C)C(C)(C)C)O3)O2)O1. The summed E-state index contributed by atoms with van der Waals surface area (Å²) in [6.07, 6.45) is 8.00. The Morgan fingerprint density at radius 2 is 1.51 bits per heavy atom. The molecule has 4 aliphatic heterocycles. The Balaban J connectivity index is 1.44. The summed E-state index contributed by atoms with van der Waals surface area (Å²) in [5.41, 5.74) is -0.0697. The van der Waals surface area contributed by atoms with Crippen molar-refractivity contribution in [3.05, 3.63) is 12.2 Å². The summed E-state index contributed by atoms with van der Waals surface area (Å²) in [7, 11) is -4.24. The second kappa shape index (κ2) is 18.4. The molecule has 0 aromatic carbocycles. The lowest BCUT2D eigenvalue weighted by Crippen LogP contribution is -2.60. The number of ether oxygens (including phenoxy) is 5. The largest absolute Gasteiger partial charge is 0.417 e. The molecular weight excluding hydrogens is 757 g/mol. The maximum atomic E-state index is 14.1. The van der Waals surface area contributed by atoms with Crippen LogP contribution >= 0.6 is 0 Å². The molecule has 0 aromatic heterocycles. The van der Waals surface area contributed by atoms with E-state index in [-0.39, 0.29) is 58.9 Å². The lowest BCUT2D eigenvalue weighted by molar-refractivity contribution is -0.400. The molecule has 4 heterocycles. The Morgan fingerprint density at radius 1 is 0.860 bits per heavy atom. The minimum Gasteiger partial charge on any atom is -0.417 e. The van der Waals surface area contributed by atoms with Gasteiger partial charge in [0.1, 0.15) is 17.5 Å². The number of rotatable bonds is 18. The number of carbonyl (C=O) groups excluding carboxylic acids is 1.